The summed E-state index contributed by atoms with van der Waals surface area (Å²) in [5.41, 5.74) is 1.90. The Morgan fingerprint density at radius 2 is 1.72 bits per heavy atom. The van der Waals surface area contributed by atoms with Crippen molar-refractivity contribution in [2.75, 3.05) is 6.79 Å². The van der Waals surface area contributed by atoms with Crippen LogP contribution in [0.25, 0.3) is 10.8 Å². The minimum Gasteiger partial charge on any atom is -0.454 e. The van der Waals surface area contributed by atoms with Crippen molar-refractivity contribution >= 4 is 20.8 Å². The lowest BCUT2D eigenvalue weighted by atomic mass is 10.1. The fourth-order valence-electron chi connectivity index (χ4n) is 2.82. The lowest BCUT2D eigenvalue weighted by Crippen LogP contribution is -2.23. The van der Waals surface area contributed by atoms with E-state index in [1.165, 1.54) is 0 Å². The maximum absolute atomic E-state index is 12.6. The predicted octanol–water partition coefficient (Wildman–Crippen LogP) is 3.36. The van der Waals surface area contributed by atoms with Gasteiger partial charge in [-0.25, -0.2) is 13.1 Å². The molecule has 128 valence electrons. The second kappa shape index (κ2) is 6.06. The van der Waals surface area contributed by atoms with Gasteiger partial charge in [-0.2, -0.15) is 0 Å². The molecule has 0 saturated carbocycles. The zero-order chi connectivity index (χ0) is 17.4. The number of nitrogens with one attached hydrogen (secondary N) is 1. The van der Waals surface area contributed by atoms with Crippen LogP contribution in [0.4, 0.5) is 0 Å². The number of ether oxygens (including phenoxy) is 2. The highest BCUT2D eigenvalue weighted by Crippen LogP contribution is 2.32. The van der Waals surface area contributed by atoms with Crippen molar-refractivity contribution in [3.8, 4) is 11.5 Å². The number of aryl methyl sites for hydroxylation is 1. The number of sulfonamides is 1. The highest BCUT2D eigenvalue weighted by molar-refractivity contribution is 7.89. The quantitative estimate of drug-likeness (QED) is 0.779. The SMILES string of the molecule is Cc1ccc2ccc(S(=O)(=O)NCc3ccc4c(c3)OCO4)cc2c1. The lowest BCUT2D eigenvalue weighted by Gasteiger charge is -2.09. The molecular formula is C19H17NO4S. The van der Waals surface area contributed by atoms with Crippen molar-refractivity contribution in [2.24, 2.45) is 0 Å². The third kappa shape index (κ3) is 3.18. The molecule has 1 aliphatic heterocycles. The Morgan fingerprint density at radius 1 is 0.920 bits per heavy atom. The molecule has 4 rings (SSSR count). The van der Waals surface area contributed by atoms with Crippen LogP contribution in [0.3, 0.4) is 0 Å². The summed E-state index contributed by atoms with van der Waals surface area (Å²) in [5.74, 6) is 1.31. The van der Waals surface area contributed by atoms with Crippen molar-refractivity contribution < 1.29 is 17.9 Å². The molecule has 0 aromatic heterocycles. The van der Waals surface area contributed by atoms with Crippen molar-refractivity contribution in [3.05, 3.63) is 65.7 Å². The summed E-state index contributed by atoms with van der Waals surface area (Å²) in [4.78, 5) is 0.256. The van der Waals surface area contributed by atoms with Crippen LogP contribution in [0.1, 0.15) is 11.1 Å². The molecule has 1 heterocycles. The zero-order valence-electron chi connectivity index (χ0n) is 13.7. The van der Waals surface area contributed by atoms with Crippen LogP contribution >= 0.6 is 0 Å². The first-order valence-corrected chi connectivity index (χ1v) is 9.38. The number of fused-ring (bicyclic) bond motifs is 2. The van der Waals surface area contributed by atoms with Crippen molar-refractivity contribution in [3.63, 3.8) is 0 Å². The van der Waals surface area contributed by atoms with Crippen LogP contribution in [0.15, 0.2) is 59.5 Å². The Kier molecular flexibility index (Phi) is 3.86. The topological polar surface area (TPSA) is 64.6 Å². The Labute approximate surface area is 146 Å². The first-order chi connectivity index (χ1) is 12.0. The van der Waals surface area contributed by atoms with E-state index in [0.717, 1.165) is 21.9 Å². The van der Waals surface area contributed by atoms with E-state index in [0.29, 0.717) is 11.5 Å². The average Bonchev–Trinajstić information content (AvgIpc) is 3.07. The number of benzene rings is 3. The van der Waals surface area contributed by atoms with E-state index < -0.39 is 10.0 Å². The maximum Gasteiger partial charge on any atom is 0.240 e. The van der Waals surface area contributed by atoms with E-state index in [9.17, 15) is 8.42 Å². The van der Waals surface area contributed by atoms with Crippen LogP contribution in [-0.4, -0.2) is 15.2 Å². The molecule has 0 radical (unpaired) electrons. The zero-order valence-corrected chi connectivity index (χ0v) is 14.5. The molecule has 3 aromatic rings. The summed E-state index contributed by atoms with van der Waals surface area (Å²) in [5, 5.41) is 1.92. The van der Waals surface area contributed by atoms with Crippen molar-refractivity contribution in [1.82, 2.24) is 4.72 Å². The fraction of sp³-hybridized carbons (Fsp3) is 0.158. The molecule has 0 amide bonds. The molecule has 3 aromatic carbocycles. The standard InChI is InChI=1S/C19H17NO4S/c1-13-2-4-15-5-6-17(10-16(15)8-13)25(21,22)20-11-14-3-7-18-19(9-14)24-12-23-18/h2-10,20H,11-12H2,1H3. The molecule has 0 spiro atoms. The smallest absolute Gasteiger partial charge is 0.240 e. The Hall–Kier alpha value is -2.57. The highest BCUT2D eigenvalue weighted by Gasteiger charge is 2.17. The van der Waals surface area contributed by atoms with Gasteiger partial charge in [-0.05, 0) is 47.5 Å². The first kappa shape index (κ1) is 15.9. The summed E-state index contributed by atoms with van der Waals surface area (Å²) in [6.45, 7) is 2.37. The molecule has 0 aliphatic carbocycles. The van der Waals surface area contributed by atoms with Gasteiger partial charge in [0.1, 0.15) is 0 Å². The van der Waals surface area contributed by atoms with E-state index in [1.807, 2.05) is 37.3 Å². The summed E-state index contributed by atoms with van der Waals surface area (Å²) in [7, 11) is -3.60. The molecule has 0 bridgehead atoms. The molecular weight excluding hydrogens is 338 g/mol. The number of rotatable bonds is 4. The van der Waals surface area contributed by atoms with Gasteiger partial charge in [-0.15, -0.1) is 0 Å². The fourth-order valence-corrected chi connectivity index (χ4v) is 3.88. The van der Waals surface area contributed by atoms with Gasteiger partial charge in [0.25, 0.3) is 0 Å². The molecule has 5 nitrogen and oxygen atoms in total. The van der Waals surface area contributed by atoms with Gasteiger partial charge in [0.15, 0.2) is 11.5 Å². The highest BCUT2D eigenvalue weighted by atomic mass is 32.2. The average molecular weight is 355 g/mol. The molecule has 0 saturated heterocycles. The van der Waals surface area contributed by atoms with Crippen LogP contribution in [0, 0.1) is 6.92 Å². The summed E-state index contributed by atoms with van der Waals surface area (Å²) in [6.07, 6.45) is 0. The van der Waals surface area contributed by atoms with Gasteiger partial charge in [-0.1, -0.05) is 35.9 Å². The maximum atomic E-state index is 12.6. The van der Waals surface area contributed by atoms with Gasteiger partial charge < -0.3 is 9.47 Å². The van der Waals surface area contributed by atoms with Gasteiger partial charge in [0.2, 0.25) is 16.8 Å². The van der Waals surface area contributed by atoms with Gasteiger partial charge in [0, 0.05) is 6.54 Å². The van der Waals surface area contributed by atoms with Crippen molar-refractivity contribution in [1.29, 1.82) is 0 Å². The van der Waals surface area contributed by atoms with Crippen LogP contribution in [0.2, 0.25) is 0 Å². The number of hydrogen-bond acceptors (Lipinski definition) is 4. The second-order valence-corrected chi connectivity index (χ2v) is 7.79. The third-order valence-corrected chi connectivity index (χ3v) is 5.58. The van der Waals surface area contributed by atoms with Crippen LogP contribution in [-0.2, 0) is 16.6 Å². The summed E-state index contributed by atoms with van der Waals surface area (Å²) < 4.78 is 38.4. The molecule has 1 aliphatic rings. The lowest BCUT2D eigenvalue weighted by molar-refractivity contribution is 0.174. The molecule has 0 fully saturated rings. The van der Waals surface area contributed by atoms with E-state index >= 15 is 0 Å². The Bertz CT molecular complexity index is 1060. The monoisotopic (exact) mass is 355 g/mol. The van der Waals surface area contributed by atoms with E-state index in [-0.39, 0.29) is 18.2 Å². The molecule has 0 unspecified atom stereocenters. The molecule has 0 atom stereocenters. The van der Waals surface area contributed by atoms with Gasteiger partial charge >= 0.3 is 0 Å². The van der Waals surface area contributed by atoms with Gasteiger partial charge in [-0.3, -0.25) is 0 Å². The molecule has 1 N–H and O–H groups in total. The van der Waals surface area contributed by atoms with Crippen LogP contribution < -0.4 is 14.2 Å². The van der Waals surface area contributed by atoms with E-state index in [1.54, 1.807) is 24.3 Å². The van der Waals surface area contributed by atoms with Crippen molar-refractivity contribution in [2.45, 2.75) is 18.4 Å². The second-order valence-electron chi connectivity index (χ2n) is 6.02. The normalized spacial score (nSPS) is 13.3. The van der Waals surface area contributed by atoms with Gasteiger partial charge in [0.05, 0.1) is 4.90 Å². The Balaban J connectivity index is 1.57. The third-order valence-electron chi connectivity index (χ3n) is 4.18. The minimum absolute atomic E-state index is 0.185. The van der Waals surface area contributed by atoms with E-state index in [2.05, 4.69) is 4.72 Å². The molecule has 25 heavy (non-hydrogen) atoms. The molecule has 6 heteroatoms. The number of hydrogen-bond donors (Lipinski definition) is 1. The van der Waals surface area contributed by atoms with E-state index in [4.69, 9.17) is 9.47 Å². The predicted molar refractivity (Wildman–Crippen MR) is 95.3 cm³/mol. The minimum atomic E-state index is -3.60. The summed E-state index contributed by atoms with van der Waals surface area (Å²) in [6, 6.07) is 16.5. The summed E-state index contributed by atoms with van der Waals surface area (Å²) >= 11 is 0. The first-order valence-electron chi connectivity index (χ1n) is 7.90. The Morgan fingerprint density at radius 3 is 2.60 bits per heavy atom. The van der Waals surface area contributed by atoms with Crippen LogP contribution in [0.5, 0.6) is 11.5 Å². The largest absolute Gasteiger partial charge is 0.454 e.